The van der Waals surface area contributed by atoms with Gasteiger partial charge in [0, 0.05) is 6.54 Å². The van der Waals surface area contributed by atoms with Gasteiger partial charge in [0.1, 0.15) is 0 Å². The third-order valence-corrected chi connectivity index (χ3v) is 3.22. The van der Waals surface area contributed by atoms with E-state index in [2.05, 4.69) is 12.2 Å². The molecule has 0 spiro atoms. The van der Waals surface area contributed by atoms with Gasteiger partial charge in [-0.15, -0.1) is 0 Å². The van der Waals surface area contributed by atoms with Crippen LogP contribution in [0.15, 0.2) is 18.2 Å². The highest BCUT2D eigenvalue weighted by molar-refractivity contribution is 5.33. The molecule has 2 rings (SSSR count). The number of benzene rings is 1. The Morgan fingerprint density at radius 2 is 2.19 bits per heavy atom. The highest BCUT2D eigenvalue weighted by Crippen LogP contribution is 2.31. The number of piperidine rings is 1. The Morgan fingerprint density at radius 1 is 1.38 bits per heavy atom. The summed E-state index contributed by atoms with van der Waals surface area (Å²) in [4.78, 5) is 0. The lowest BCUT2D eigenvalue weighted by Gasteiger charge is -2.28. The summed E-state index contributed by atoms with van der Waals surface area (Å²) in [5, 5.41) is 3.34. The lowest BCUT2D eigenvalue weighted by molar-refractivity contribution is 0.347. The topological polar surface area (TPSA) is 21.3 Å². The molecule has 1 N–H and O–H groups in total. The van der Waals surface area contributed by atoms with Crippen molar-refractivity contribution in [1.82, 2.24) is 5.32 Å². The Labute approximate surface area is 95.8 Å². The molecule has 0 aromatic heterocycles. The molecular formula is C13H18FNO. The van der Waals surface area contributed by atoms with E-state index >= 15 is 0 Å². The fourth-order valence-corrected chi connectivity index (χ4v) is 2.39. The van der Waals surface area contributed by atoms with Crippen molar-refractivity contribution < 1.29 is 9.13 Å². The summed E-state index contributed by atoms with van der Waals surface area (Å²) < 4.78 is 19.0. The van der Waals surface area contributed by atoms with E-state index in [0.717, 1.165) is 25.1 Å². The molecule has 1 aromatic carbocycles. The Hall–Kier alpha value is -1.09. The first-order valence-corrected chi connectivity index (χ1v) is 5.75. The van der Waals surface area contributed by atoms with E-state index in [4.69, 9.17) is 4.74 Å². The van der Waals surface area contributed by atoms with Crippen LogP contribution in [0.25, 0.3) is 0 Å². The molecule has 1 saturated heterocycles. The molecule has 3 heteroatoms. The van der Waals surface area contributed by atoms with Gasteiger partial charge in [-0.05, 0) is 36.4 Å². The second kappa shape index (κ2) is 4.83. The van der Waals surface area contributed by atoms with Crippen molar-refractivity contribution in [3.05, 3.63) is 29.6 Å². The van der Waals surface area contributed by atoms with Crippen molar-refractivity contribution in [2.75, 3.05) is 20.2 Å². The Bertz CT molecular complexity index is 367. The number of ether oxygens (including phenoxy) is 1. The van der Waals surface area contributed by atoms with Crippen LogP contribution in [-0.4, -0.2) is 20.2 Å². The minimum Gasteiger partial charge on any atom is -0.494 e. The van der Waals surface area contributed by atoms with E-state index in [-0.39, 0.29) is 11.7 Å². The Balaban J connectivity index is 2.25. The number of halogens is 1. The molecule has 1 aliphatic heterocycles. The molecule has 1 fully saturated rings. The van der Waals surface area contributed by atoms with E-state index in [1.54, 1.807) is 6.07 Å². The summed E-state index contributed by atoms with van der Waals surface area (Å²) in [6.07, 6.45) is 1.04. The molecule has 2 unspecified atom stereocenters. The zero-order chi connectivity index (χ0) is 11.5. The van der Waals surface area contributed by atoms with Crippen LogP contribution in [0.1, 0.15) is 24.8 Å². The number of hydrogen-bond donors (Lipinski definition) is 1. The van der Waals surface area contributed by atoms with Gasteiger partial charge in [-0.2, -0.15) is 0 Å². The van der Waals surface area contributed by atoms with Crippen LogP contribution in [0.2, 0.25) is 0 Å². The van der Waals surface area contributed by atoms with E-state index < -0.39 is 0 Å². The fourth-order valence-electron chi connectivity index (χ4n) is 2.39. The van der Waals surface area contributed by atoms with Gasteiger partial charge in [0.2, 0.25) is 0 Å². The van der Waals surface area contributed by atoms with E-state index in [0.29, 0.717) is 11.7 Å². The lowest BCUT2D eigenvalue weighted by Crippen LogP contribution is -2.34. The van der Waals surface area contributed by atoms with E-state index in [9.17, 15) is 4.39 Å². The number of hydrogen-bond acceptors (Lipinski definition) is 2. The van der Waals surface area contributed by atoms with Crippen molar-refractivity contribution in [3.8, 4) is 5.75 Å². The lowest BCUT2D eigenvalue weighted by atomic mass is 9.86. The van der Waals surface area contributed by atoms with Gasteiger partial charge in [-0.1, -0.05) is 19.1 Å². The first-order chi connectivity index (χ1) is 7.72. The second-order valence-electron chi connectivity index (χ2n) is 4.56. The molecule has 2 atom stereocenters. The van der Waals surface area contributed by atoms with Gasteiger partial charge in [-0.3, -0.25) is 0 Å². The van der Waals surface area contributed by atoms with Crippen molar-refractivity contribution in [1.29, 1.82) is 0 Å². The molecular weight excluding hydrogens is 205 g/mol. The summed E-state index contributed by atoms with van der Waals surface area (Å²) in [7, 11) is 1.50. The highest BCUT2D eigenvalue weighted by Gasteiger charge is 2.23. The molecule has 0 bridgehead atoms. The zero-order valence-corrected chi connectivity index (χ0v) is 9.79. The van der Waals surface area contributed by atoms with Gasteiger partial charge in [0.25, 0.3) is 0 Å². The molecule has 0 radical (unpaired) electrons. The third-order valence-electron chi connectivity index (χ3n) is 3.22. The first-order valence-electron chi connectivity index (χ1n) is 5.75. The zero-order valence-electron chi connectivity index (χ0n) is 9.79. The van der Waals surface area contributed by atoms with E-state index in [1.807, 2.05) is 12.1 Å². The number of nitrogens with one attached hydrogen (secondary N) is 1. The van der Waals surface area contributed by atoms with Crippen molar-refractivity contribution >= 4 is 0 Å². The molecule has 0 saturated carbocycles. The smallest absolute Gasteiger partial charge is 0.168 e. The first kappa shape index (κ1) is 11.4. The van der Waals surface area contributed by atoms with Gasteiger partial charge in [0.05, 0.1) is 7.11 Å². The SMILES string of the molecule is COc1cccc(C2CNCC(C)C2)c1F. The summed E-state index contributed by atoms with van der Waals surface area (Å²) >= 11 is 0. The average molecular weight is 223 g/mol. The van der Waals surface area contributed by atoms with Crippen molar-refractivity contribution in [2.45, 2.75) is 19.3 Å². The molecule has 1 aliphatic rings. The molecule has 16 heavy (non-hydrogen) atoms. The van der Waals surface area contributed by atoms with Crippen molar-refractivity contribution in [2.24, 2.45) is 5.92 Å². The van der Waals surface area contributed by atoms with Crippen LogP contribution in [0.3, 0.4) is 0 Å². The van der Waals surface area contributed by atoms with Gasteiger partial charge >= 0.3 is 0 Å². The summed E-state index contributed by atoms with van der Waals surface area (Å²) in [5.41, 5.74) is 0.776. The summed E-state index contributed by atoms with van der Waals surface area (Å²) in [5.74, 6) is 1.00. The number of rotatable bonds is 2. The maximum absolute atomic E-state index is 14.0. The molecule has 2 nitrogen and oxygen atoms in total. The Morgan fingerprint density at radius 3 is 2.88 bits per heavy atom. The van der Waals surface area contributed by atoms with Gasteiger partial charge < -0.3 is 10.1 Å². The van der Waals surface area contributed by atoms with Crippen LogP contribution < -0.4 is 10.1 Å². The maximum atomic E-state index is 14.0. The van der Waals surface area contributed by atoms with E-state index in [1.165, 1.54) is 7.11 Å². The minimum atomic E-state index is -0.203. The number of methoxy groups -OCH3 is 1. The molecule has 0 aliphatic carbocycles. The largest absolute Gasteiger partial charge is 0.494 e. The summed E-state index contributed by atoms with van der Waals surface area (Å²) in [6, 6.07) is 5.39. The standard InChI is InChI=1S/C13H18FNO/c1-9-6-10(8-15-7-9)11-4-3-5-12(16-2)13(11)14/h3-5,9-10,15H,6-8H2,1-2H3. The predicted octanol–water partition coefficient (Wildman–Crippen LogP) is 2.55. The predicted molar refractivity (Wildman–Crippen MR) is 62.3 cm³/mol. The Kier molecular flexibility index (Phi) is 3.44. The second-order valence-corrected chi connectivity index (χ2v) is 4.56. The van der Waals surface area contributed by atoms with Crippen LogP contribution in [0, 0.1) is 11.7 Å². The van der Waals surface area contributed by atoms with Gasteiger partial charge in [0.15, 0.2) is 11.6 Å². The fraction of sp³-hybridized carbons (Fsp3) is 0.538. The van der Waals surface area contributed by atoms with Crippen LogP contribution in [0.4, 0.5) is 4.39 Å². The normalized spacial score (nSPS) is 25.4. The maximum Gasteiger partial charge on any atom is 0.168 e. The quantitative estimate of drug-likeness (QED) is 0.832. The molecule has 88 valence electrons. The van der Waals surface area contributed by atoms with Crippen LogP contribution in [0.5, 0.6) is 5.75 Å². The van der Waals surface area contributed by atoms with Gasteiger partial charge in [-0.25, -0.2) is 4.39 Å². The molecule has 1 heterocycles. The van der Waals surface area contributed by atoms with Crippen molar-refractivity contribution in [3.63, 3.8) is 0 Å². The monoisotopic (exact) mass is 223 g/mol. The molecule has 1 aromatic rings. The average Bonchev–Trinajstić information content (AvgIpc) is 2.29. The highest BCUT2D eigenvalue weighted by atomic mass is 19.1. The summed E-state index contributed by atoms with van der Waals surface area (Å²) in [6.45, 7) is 4.08. The third kappa shape index (κ3) is 2.19. The van der Waals surface area contributed by atoms with Crippen LogP contribution in [-0.2, 0) is 0 Å². The van der Waals surface area contributed by atoms with Crippen LogP contribution >= 0.6 is 0 Å². The minimum absolute atomic E-state index is 0.203. The molecule has 0 amide bonds.